The van der Waals surface area contributed by atoms with E-state index in [1.807, 2.05) is 0 Å². The van der Waals surface area contributed by atoms with Crippen molar-refractivity contribution in [2.45, 2.75) is 37.6 Å². The number of nitrogens with zero attached hydrogens (tertiary/aromatic N) is 4. The van der Waals surface area contributed by atoms with E-state index >= 15 is 8.78 Å². The first kappa shape index (κ1) is 27.6. The van der Waals surface area contributed by atoms with Gasteiger partial charge >= 0.3 is 6.09 Å². The average molecular weight is 564 g/mol. The molecule has 2 aromatic rings. The van der Waals surface area contributed by atoms with Gasteiger partial charge in [0.25, 0.3) is 11.8 Å². The molecule has 2 aliphatic heterocycles. The maximum absolute atomic E-state index is 15.7. The number of ether oxygens (including phenoxy) is 2. The van der Waals surface area contributed by atoms with Crippen LogP contribution in [0.3, 0.4) is 0 Å². The summed E-state index contributed by atoms with van der Waals surface area (Å²) in [5, 5.41) is 7.79. The maximum Gasteiger partial charge on any atom is 0.416 e. The number of hydrogen-bond acceptors (Lipinski definition) is 9. The van der Waals surface area contributed by atoms with Crippen molar-refractivity contribution in [3.63, 3.8) is 0 Å². The summed E-state index contributed by atoms with van der Waals surface area (Å²) in [6.07, 6.45) is -0.803. The first-order valence-corrected chi connectivity index (χ1v) is 12.6. The molecule has 1 aromatic heterocycles. The Morgan fingerprint density at radius 2 is 2.05 bits per heavy atom. The van der Waals surface area contributed by atoms with Gasteiger partial charge in [0, 0.05) is 32.0 Å². The number of carbonyl (C=O) groups excluding carboxylic acids is 3. The van der Waals surface area contributed by atoms with Crippen LogP contribution < -0.4 is 25.6 Å². The smallest absolute Gasteiger partial charge is 0.416 e. The van der Waals surface area contributed by atoms with Crippen molar-refractivity contribution in [2.24, 2.45) is 0 Å². The van der Waals surface area contributed by atoms with Crippen molar-refractivity contribution >= 4 is 35.2 Å². The van der Waals surface area contributed by atoms with E-state index in [-0.39, 0.29) is 73.4 Å². The van der Waals surface area contributed by atoms with Crippen LogP contribution >= 0.6 is 0 Å². The van der Waals surface area contributed by atoms with Crippen LogP contribution in [0, 0.1) is 11.6 Å². The SMILES string of the molecule is C[C@H](C(=O)Nc1cc(F)c2c(c1F)CC(F)(CNCC1CN(c3cnc4c(n3)NC(=O)CO4)C(=O)O1)C2)N(C)C. The minimum atomic E-state index is -1.99. The highest BCUT2D eigenvalue weighted by molar-refractivity contribution is 5.95. The Morgan fingerprint density at radius 3 is 2.80 bits per heavy atom. The lowest BCUT2D eigenvalue weighted by molar-refractivity contribution is -0.120. The van der Waals surface area contributed by atoms with Gasteiger partial charge in [-0.2, -0.15) is 0 Å². The second-order valence-electron chi connectivity index (χ2n) is 10.3. The van der Waals surface area contributed by atoms with Crippen LogP contribution in [0.15, 0.2) is 12.3 Å². The van der Waals surface area contributed by atoms with Gasteiger partial charge in [-0.15, -0.1) is 0 Å². The average Bonchev–Trinajstić information content (AvgIpc) is 3.46. The van der Waals surface area contributed by atoms with Crippen LogP contribution in [-0.4, -0.2) is 90.9 Å². The van der Waals surface area contributed by atoms with E-state index in [0.717, 1.165) is 6.07 Å². The zero-order chi connectivity index (χ0) is 28.8. The predicted molar refractivity (Wildman–Crippen MR) is 136 cm³/mol. The molecule has 214 valence electrons. The number of aromatic nitrogens is 2. The van der Waals surface area contributed by atoms with E-state index < -0.39 is 47.4 Å². The molecule has 3 amide bonds. The maximum atomic E-state index is 15.7. The number of halogens is 3. The molecule has 1 aliphatic carbocycles. The second kappa shape index (κ2) is 10.5. The van der Waals surface area contributed by atoms with E-state index in [1.165, 1.54) is 11.1 Å². The van der Waals surface area contributed by atoms with Gasteiger partial charge in [0.15, 0.2) is 24.1 Å². The minimum absolute atomic E-state index is 0.0666. The summed E-state index contributed by atoms with van der Waals surface area (Å²) in [5.41, 5.74) is -2.51. The van der Waals surface area contributed by atoms with Gasteiger partial charge in [-0.3, -0.25) is 19.4 Å². The van der Waals surface area contributed by atoms with Crippen molar-refractivity contribution < 1.29 is 37.0 Å². The predicted octanol–water partition coefficient (Wildman–Crippen LogP) is 1.40. The number of hydrogen-bond donors (Lipinski definition) is 3. The molecule has 15 heteroatoms. The van der Waals surface area contributed by atoms with Gasteiger partial charge in [-0.05, 0) is 32.1 Å². The number of carbonyl (C=O) groups is 3. The number of nitrogens with one attached hydrogen (secondary N) is 3. The molecule has 3 aliphatic rings. The highest BCUT2D eigenvalue weighted by Crippen LogP contribution is 2.38. The fourth-order valence-corrected chi connectivity index (χ4v) is 4.74. The lowest BCUT2D eigenvalue weighted by Gasteiger charge is -2.21. The fraction of sp³-hybridized carbons (Fsp3) is 0.480. The topological polar surface area (TPSA) is 138 Å². The number of amides is 3. The third-order valence-electron chi connectivity index (χ3n) is 7.11. The number of cyclic esters (lactones) is 1. The quantitative estimate of drug-likeness (QED) is 0.435. The van der Waals surface area contributed by atoms with Crippen molar-refractivity contribution in [1.29, 1.82) is 0 Å². The number of likely N-dealkylation sites (N-methyl/N-ethyl adjacent to an activating group) is 1. The summed E-state index contributed by atoms with van der Waals surface area (Å²) >= 11 is 0. The van der Waals surface area contributed by atoms with E-state index in [9.17, 15) is 18.8 Å². The Labute approximate surface area is 227 Å². The molecule has 0 saturated carbocycles. The number of anilines is 3. The zero-order valence-electron chi connectivity index (χ0n) is 22.0. The summed E-state index contributed by atoms with van der Waals surface area (Å²) in [6, 6.07) is 0.288. The van der Waals surface area contributed by atoms with Crippen LogP contribution in [0.1, 0.15) is 18.1 Å². The normalized spacial score (nSPS) is 22.4. The van der Waals surface area contributed by atoms with Gasteiger partial charge in [0.2, 0.25) is 5.91 Å². The van der Waals surface area contributed by atoms with Crippen LogP contribution in [0.2, 0.25) is 0 Å². The molecule has 1 fully saturated rings. The summed E-state index contributed by atoms with van der Waals surface area (Å²) < 4.78 is 56.2. The molecule has 3 N–H and O–H groups in total. The van der Waals surface area contributed by atoms with Crippen LogP contribution in [0.25, 0.3) is 0 Å². The van der Waals surface area contributed by atoms with Crippen LogP contribution in [0.5, 0.6) is 5.88 Å². The van der Waals surface area contributed by atoms with Gasteiger partial charge in [-0.25, -0.2) is 27.9 Å². The van der Waals surface area contributed by atoms with E-state index in [2.05, 4.69) is 25.9 Å². The number of fused-ring (bicyclic) bond motifs is 2. The van der Waals surface area contributed by atoms with Gasteiger partial charge < -0.3 is 25.4 Å². The second-order valence-corrected chi connectivity index (χ2v) is 10.3. The summed E-state index contributed by atoms with van der Waals surface area (Å²) in [6.45, 7) is 1.32. The monoisotopic (exact) mass is 563 g/mol. The first-order chi connectivity index (χ1) is 18.9. The first-order valence-electron chi connectivity index (χ1n) is 12.6. The van der Waals surface area contributed by atoms with Gasteiger partial charge in [-0.1, -0.05) is 0 Å². The van der Waals surface area contributed by atoms with E-state index in [1.54, 1.807) is 25.9 Å². The van der Waals surface area contributed by atoms with Gasteiger partial charge in [0.05, 0.1) is 24.5 Å². The molecule has 3 atom stereocenters. The Balaban J connectivity index is 1.18. The molecule has 0 spiro atoms. The largest absolute Gasteiger partial charge is 0.465 e. The number of rotatable bonds is 8. The highest BCUT2D eigenvalue weighted by Gasteiger charge is 2.42. The van der Waals surface area contributed by atoms with Gasteiger partial charge in [0.1, 0.15) is 17.6 Å². The number of benzene rings is 1. The molecule has 12 nitrogen and oxygen atoms in total. The lowest BCUT2D eigenvalue weighted by atomic mass is 10.0. The molecular weight excluding hydrogens is 535 g/mol. The van der Waals surface area contributed by atoms with Crippen molar-refractivity contribution in [1.82, 2.24) is 20.2 Å². The Kier molecular flexibility index (Phi) is 7.27. The van der Waals surface area contributed by atoms with Crippen molar-refractivity contribution in [2.75, 3.05) is 55.9 Å². The summed E-state index contributed by atoms with van der Waals surface area (Å²) in [5.74, 6) is -2.23. The highest BCUT2D eigenvalue weighted by atomic mass is 19.1. The molecular formula is C25H28F3N7O5. The Hall–Kier alpha value is -3.98. The molecule has 40 heavy (non-hydrogen) atoms. The molecule has 1 saturated heterocycles. The molecule has 3 heterocycles. The van der Waals surface area contributed by atoms with E-state index in [4.69, 9.17) is 9.47 Å². The fourth-order valence-electron chi connectivity index (χ4n) is 4.74. The van der Waals surface area contributed by atoms with Crippen molar-refractivity contribution in [3.8, 4) is 5.88 Å². The molecule has 2 unspecified atom stereocenters. The van der Waals surface area contributed by atoms with E-state index in [0.29, 0.717) is 0 Å². The third-order valence-corrected chi connectivity index (χ3v) is 7.11. The minimum Gasteiger partial charge on any atom is -0.465 e. The third kappa shape index (κ3) is 5.38. The summed E-state index contributed by atoms with van der Waals surface area (Å²) in [4.78, 5) is 47.4. The number of alkyl halides is 1. The standard InChI is InChI=1S/C25H28F3N7O5/c1-12(34(2)3)22(37)31-17-4-16(26)14-5-25(28,6-15(14)20(17)27)11-29-7-13-9-35(24(38)40-13)18-8-30-23-21(32-18)33-19(36)10-39-23/h4,8,12-13,29H,5-7,9-11H2,1-3H3,(H,31,37)(H,32,33,36)/t12-,13?,25?/m1/s1. The van der Waals surface area contributed by atoms with Crippen LogP contribution in [-0.2, 0) is 27.2 Å². The Bertz CT molecular complexity index is 1380. The lowest BCUT2D eigenvalue weighted by Crippen LogP contribution is -2.41. The zero-order valence-corrected chi connectivity index (χ0v) is 22.0. The molecule has 0 radical (unpaired) electrons. The molecule has 5 rings (SSSR count). The molecule has 0 bridgehead atoms. The van der Waals surface area contributed by atoms with Crippen LogP contribution in [0.4, 0.5) is 35.3 Å². The Morgan fingerprint density at radius 1 is 1.30 bits per heavy atom. The summed E-state index contributed by atoms with van der Waals surface area (Å²) in [7, 11) is 3.35. The molecule has 1 aromatic carbocycles. The van der Waals surface area contributed by atoms with Crippen molar-refractivity contribution in [3.05, 3.63) is 35.0 Å².